The van der Waals surface area contributed by atoms with Gasteiger partial charge in [-0.15, -0.1) is 0 Å². The number of carbonyl (C=O) groups is 1. The van der Waals surface area contributed by atoms with Gasteiger partial charge in [0.2, 0.25) is 5.88 Å². The van der Waals surface area contributed by atoms with Gasteiger partial charge in [-0.3, -0.25) is 4.79 Å². The van der Waals surface area contributed by atoms with E-state index in [1.54, 1.807) is 0 Å². The van der Waals surface area contributed by atoms with Gasteiger partial charge in [-0.1, -0.05) is 27.7 Å². The van der Waals surface area contributed by atoms with Crippen molar-refractivity contribution in [2.45, 2.75) is 40.8 Å². The Hall–Kier alpha value is -3.28. The smallest absolute Gasteiger partial charge is 0.418 e. The van der Waals surface area contributed by atoms with Crippen LogP contribution in [0.25, 0.3) is 0 Å². The molecule has 2 N–H and O–H groups in total. The number of pyridine rings is 1. The van der Waals surface area contributed by atoms with Crippen LogP contribution in [0.1, 0.15) is 54.7 Å². The van der Waals surface area contributed by atoms with Crippen LogP contribution in [0.4, 0.5) is 13.2 Å². The third-order valence-corrected chi connectivity index (χ3v) is 3.35. The minimum Gasteiger partial charge on any atom is -0.493 e. The number of hydrogen-bond donors (Lipinski definition) is 1. The van der Waals surface area contributed by atoms with Crippen molar-refractivity contribution in [2.24, 2.45) is 5.73 Å². The molecule has 0 atom stereocenters. The molecule has 1 amide bonds. The molecule has 0 saturated heterocycles. The van der Waals surface area contributed by atoms with Crippen molar-refractivity contribution in [1.29, 1.82) is 5.26 Å². The number of aromatic nitrogens is 1. The Morgan fingerprint density at radius 2 is 1.76 bits per heavy atom. The van der Waals surface area contributed by atoms with E-state index in [4.69, 9.17) is 20.5 Å². The normalized spacial score (nSPS) is 9.79. The fourth-order valence-electron chi connectivity index (χ4n) is 2.16. The van der Waals surface area contributed by atoms with Crippen molar-refractivity contribution in [3.05, 3.63) is 46.6 Å². The number of nitriles is 1. The monoisotopic (exact) mass is 411 g/mol. The highest BCUT2D eigenvalue weighted by Crippen LogP contribution is 2.37. The van der Waals surface area contributed by atoms with Crippen LogP contribution in [0.15, 0.2) is 24.4 Å². The minimum atomic E-state index is -4.69. The molecule has 0 saturated carbocycles. The summed E-state index contributed by atoms with van der Waals surface area (Å²) >= 11 is 0. The fraction of sp³-hybridized carbons (Fsp3) is 0.350. The number of hydrogen-bond acceptors (Lipinski definition) is 5. The third-order valence-electron chi connectivity index (χ3n) is 3.35. The average molecular weight is 411 g/mol. The number of alkyl halides is 3. The molecule has 2 rings (SSSR count). The highest BCUT2D eigenvalue weighted by Gasteiger charge is 2.35. The first-order valence-electron chi connectivity index (χ1n) is 8.81. The second-order valence-electron chi connectivity index (χ2n) is 4.92. The van der Waals surface area contributed by atoms with Gasteiger partial charge >= 0.3 is 6.18 Å². The summed E-state index contributed by atoms with van der Waals surface area (Å²) in [7, 11) is 1.32. The number of halogens is 3. The number of primary amides is 1. The number of amides is 1. The van der Waals surface area contributed by atoms with E-state index in [2.05, 4.69) is 4.98 Å². The van der Waals surface area contributed by atoms with Crippen LogP contribution in [0, 0.1) is 18.3 Å². The largest absolute Gasteiger partial charge is 0.493 e. The molecule has 0 aliphatic rings. The molecule has 29 heavy (non-hydrogen) atoms. The molecule has 6 nitrogen and oxygen atoms in total. The Morgan fingerprint density at radius 3 is 2.21 bits per heavy atom. The highest BCUT2D eigenvalue weighted by atomic mass is 19.4. The third kappa shape index (κ3) is 6.38. The van der Waals surface area contributed by atoms with Crippen LogP contribution in [-0.2, 0) is 6.18 Å². The predicted octanol–water partition coefficient (Wildman–Crippen LogP) is 5.23. The summed E-state index contributed by atoms with van der Waals surface area (Å²) in [6.45, 7) is 9.10. The molecule has 1 aromatic heterocycles. The lowest BCUT2D eigenvalue weighted by Crippen LogP contribution is -2.19. The zero-order chi connectivity index (χ0) is 22.8. The lowest BCUT2D eigenvalue weighted by atomic mass is 10.0. The Labute approximate surface area is 168 Å². The number of rotatable bonds is 4. The van der Waals surface area contributed by atoms with E-state index < -0.39 is 28.8 Å². The van der Waals surface area contributed by atoms with Crippen LogP contribution in [0.5, 0.6) is 17.4 Å². The summed E-state index contributed by atoms with van der Waals surface area (Å²) in [5.74, 6) is -1.29. The van der Waals surface area contributed by atoms with E-state index >= 15 is 0 Å². The second-order valence-corrected chi connectivity index (χ2v) is 4.92. The summed E-state index contributed by atoms with van der Waals surface area (Å²) in [5.41, 5.74) is 3.53. The van der Waals surface area contributed by atoms with E-state index in [9.17, 15) is 18.0 Å². The van der Waals surface area contributed by atoms with Gasteiger partial charge in [0.15, 0.2) is 11.5 Å². The van der Waals surface area contributed by atoms with Crippen molar-refractivity contribution in [3.63, 3.8) is 0 Å². The van der Waals surface area contributed by atoms with Crippen LogP contribution in [0.2, 0.25) is 0 Å². The number of ether oxygens (including phenoxy) is 2. The molecule has 0 bridgehead atoms. The SMILES string of the molecule is CC.CC.COc1cc(C#N)ccc1Oc1ncc(C(F)(F)F)c(C)c1C(N)=O. The molecule has 1 heterocycles. The maximum absolute atomic E-state index is 13.0. The molecule has 0 aliphatic heterocycles. The quantitative estimate of drug-likeness (QED) is 0.742. The van der Waals surface area contributed by atoms with Crippen LogP contribution in [0.3, 0.4) is 0 Å². The maximum Gasteiger partial charge on any atom is 0.418 e. The van der Waals surface area contributed by atoms with Crippen molar-refractivity contribution in [2.75, 3.05) is 7.11 Å². The minimum absolute atomic E-state index is 0.0654. The van der Waals surface area contributed by atoms with Gasteiger partial charge < -0.3 is 15.2 Å². The van der Waals surface area contributed by atoms with Crippen molar-refractivity contribution < 1.29 is 27.4 Å². The molecular weight excluding hydrogens is 387 g/mol. The molecule has 0 radical (unpaired) electrons. The topological polar surface area (TPSA) is 98.2 Å². The zero-order valence-electron chi connectivity index (χ0n) is 17.1. The Kier molecular flexibility index (Phi) is 10.2. The van der Waals surface area contributed by atoms with E-state index in [1.165, 1.54) is 25.3 Å². The second kappa shape index (κ2) is 11.5. The van der Waals surface area contributed by atoms with Crippen molar-refractivity contribution in [3.8, 4) is 23.4 Å². The van der Waals surface area contributed by atoms with Crippen LogP contribution < -0.4 is 15.2 Å². The number of methoxy groups -OCH3 is 1. The predicted molar refractivity (Wildman–Crippen MR) is 103 cm³/mol. The first-order valence-corrected chi connectivity index (χ1v) is 8.81. The van der Waals surface area contributed by atoms with Crippen LogP contribution in [-0.4, -0.2) is 18.0 Å². The summed E-state index contributed by atoms with van der Waals surface area (Å²) in [5, 5.41) is 8.87. The fourth-order valence-corrected chi connectivity index (χ4v) is 2.16. The van der Waals surface area contributed by atoms with Gasteiger partial charge in [-0.25, -0.2) is 4.98 Å². The van der Waals surface area contributed by atoms with Gasteiger partial charge in [0.25, 0.3) is 5.91 Å². The Morgan fingerprint density at radius 1 is 1.17 bits per heavy atom. The van der Waals surface area contributed by atoms with Gasteiger partial charge in [-0.2, -0.15) is 18.4 Å². The van der Waals surface area contributed by atoms with E-state index in [0.717, 1.165) is 6.92 Å². The van der Waals surface area contributed by atoms with Gasteiger partial charge in [0.05, 0.1) is 24.3 Å². The number of nitrogens with two attached hydrogens (primary N) is 1. The van der Waals surface area contributed by atoms with Crippen molar-refractivity contribution >= 4 is 5.91 Å². The molecule has 1 aromatic carbocycles. The molecule has 0 spiro atoms. The van der Waals surface area contributed by atoms with Gasteiger partial charge in [0, 0.05) is 12.3 Å². The van der Waals surface area contributed by atoms with E-state index in [0.29, 0.717) is 6.20 Å². The summed E-state index contributed by atoms with van der Waals surface area (Å²) in [4.78, 5) is 15.2. The summed E-state index contributed by atoms with van der Waals surface area (Å²) in [6, 6.07) is 6.06. The molecule has 0 unspecified atom stereocenters. The van der Waals surface area contributed by atoms with Crippen molar-refractivity contribution in [1.82, 2.24) is 4.98 Å². The molecule has 9 heteroatoms. The standard InChI is InChI=1S/C16H12F3N3O3.2C2H6/c1-8-10(16(17,18)19)7-22-15(13(8)14(21)23)25-11-4-3-9(6-20)5-12(11)24-2;2*1-2/h3-5,7H,1-2H3,(H2,21,23);2*1-2H3. The lowest BCUT2D eigenvalue weighted by molar-refractivity contribution is -0.138. The van der Waals surface area contributed by atoms with Crippen LogP contribution >= 0.6 is 0 Å². The maximum atomic E-state index is 13.0. The average Bonchev–Trinajstić information content (AvgIpc) is 2.70. The molecule has 0 aliphatic carbocycles. The van der Waals surface area contributed by atoms with E-state index in [-0.39, 0.29) is 22.9 Å². The Balaban J connectivity index is 0.00000184. The van der Waals surface area contributed by atoms with Gasteiger partial charge in [0.1, 0.15) is 5.56 Å². The zero-order valence-corrected chi connectivity index (χ0v) is 17.1. The Bertz CT molecular complexity index is 876. The number of benzene rings is 1. The lowest BCUT2D eigenvalue weighted by Gasteiger charge is -2.16. The number of carbonyl (C=O) groups excluding carboxylic acids is 1. The summed E-state index contributed by atoms with van der Waals surface area (Å²) in [6.07, 6.45) is -4.13. The number of nitrogens with zero attached hydrogens (tertiary/aromatic N) is 2. The first-order chi connectivity index (χ1) is 13.7. The van der Waals surface area contributed by atoms with Gasteiger partial charge in [-0.05, 0) is 24.6 Å². The molecule has 158 valence electrons. The molecule has 2 aromatic rings. The molecular formula is C20H24F3N3O3. The first kappa shape index (κ1) is 25.7. The van der Waals surface area contributed by atoms with E-state index in [1.807, 2.05) is 33.8 Å². The molecule has 0 fully saturated rings. The summed E-state index contributed by atoms with van der Waals surface area (Å²) < 4.78 is 49.4. The highest BCUT2D eigenvalue weighted by molar-refractivity contribution is 5.97.